The lowest BCUT2D eigenvalue weighted by Gasteiger charge is -2.22. The summed E-state index contributed by atoms with van der Waals surface area (Å²) < 4.78 is 22.9. The van der Waals surface area contributed by atoms with E-state index in [0.717, 1.165) is 12.5 Å². The van der Waals surface area contributed by atoms with Crippen LogP contribution in [0.3, 0.4) is 0 Å². The predicted octanol–water partition coefficient (Wildman–Crippen LogP) is 4.09. The lowest BCUT2D eigenvalue weighted by Crippen LogP contribution is -2.33. The summed E-state index contributed by atoms with van der Waals surface area (Å²) in [5.74, 6) is -0.434. The summed E-state index contributed by atoms with van der Waals surface area (Å²) in [5.41, 5.74) is 0.0309. The van der Waals surface area contributed by atoms with Gasteiger partial charge in [-0.2, -0.15) is 0 Å². The summed E-state index contributed by atoms with van der Waals surface area (Å²) in [7, 11) is 1.20. The average molecular weight is 373 g/mol. The average Bonchev–Trinajstić information content (AvgIpc) is 2.37. The SMILES string of the molecule is CCC(C)(C)CNC(=O)c1cc(Cl)c(Cl)c(S(=O)(=O)Cl)c1. The third kappa shape index (κ3) is 5.02. The Labute approximate surface area is 139 Å². The van der Waals surface area contributed by atoms with Crippen molar-refractivity contribution in [3.63, 3.8) is 0 Å². The van der Waals surface area contributed by atoms with Gasteiger partial charge in [-0.15, -0.1) is 0 Å². The second kappa shape index (κ2) is 6.73. The first-order valence-corrected chi connectivity index (χ1v) is 9.26. The quantitative estimate of drug-likeness (QED) is 0.792. The molecule has 1 amide bonds. The summed E-state index contributed by atoms with van der Waals surface area (Å²) in [6.07, 6.45) is 0.885. The lowest BCUT2D eigenvalue weighted by molar-refractivity contribution is 0.0935. The van der Waals surface area contributed by atoms with Gasteiger partial charge in [0, 0.05) is 22.8 Å². The summed E-state index contributed by atoms with van der Waals surface area (Å²) >= 11 is 11.7. The van der Waals surface area contributed by atoms with E-state index < -0.39 is 15.0 Å². The minimum atomic E-state index is -4.08. The van der Waals surface area contributed by atoms with Gasteiger partial charge in [-0.3, -0.25) is 4.79 Å². The van der Waals surface area contributed by atoms with Crippen LogP contribution < -0.4 is 5.32 Å². The van der Waals surface area contributed by atoms with Crippen molar-refractivity contribution in [2.45, 2.75) is 32.1 Å². The van der Waals surface area contributed by atoms with Crippen molar-refractivity contribution in [1.82, 2.24) is 5.32 Å². The van der Waals surface area contributed by atoms with E-state index in [1.807, 2.05) is 20.8 Å². The first-order chi connectivity index (χ1) is 9.48. The minimum absolute atomic E-state index is 0.0432. The van der Waals surface area contributed by atoms with Crippen LogP contribution in [0.25, 0.3) is 0 Å². The van der Waals surface area contributed by atoms with Gasteiger partial charge in [-0.1, -0.05) is 44.0 Å². The van der Waals surface area contributed by atoms with Crippen LogP contribution in [0.2, 0.25) is 10.0 Å². The van der Waals surface area contributed by atoms with E-state index in [2.05, 4.69) is 5.32 Å². The van der Waals surface area contributed by atoms with Gasteiger partial charge in [-0.05, 0) is 24.0 Å². The molecule has 1 aromatic rings. The normalized spacial score (nSPS) is 12.3. The Kier molecular flexibility index (Phi) is 5.95. The Morgan fingerprint density at radius 1 is 1.29 bits per heavy atom. The molecule has 1 aromatic carbocycles. The largest absolute Gasteiger partial charge is 0.352 e. The molecule has 0 saturated carbocycles. The molecule has 21 heavy (non-hydrogen) atoms. The highest BCUT2D eigenvalue weighted by Gasteiger charge is 2.22. The van der Waals surface area contributed by atoms with Gasteiger partial charge in [0.25, 0.3) is 15.0 Å². The van der Waals surface area contributed by atoms with Crippen LogP contribution in [0.1, 0.15) is 37.6 Å². The Balaban J connectivity index is 3.10. The van der Waals surface area contributed by atoms with Gasteiger partial charge in [0.2, 0.25) is 0 Å². The second-order valence-electron chi connectivity index (χ2n) is 5.41. The molecule has 1 N–H and O–H groups in total. The van der Waals surface area contributed by atoms with Crippen molar-refractivity contribution in [1.29, 1.82) is 0 Å². The number of amides is 1. The van der Waals surface area contributed by atoms with Crippen LogP contribution in [0.15, 0.2) is 17.0 Å². The minimum Gasteiger partial charge on any atom is -0.352 e. The molecule has 0 unspecified atom stereocenters. The Morgan fingerprint density at radius 3 is 2.33 bits per heavy atom. The van der Waals surface area contributed by atoms with E-state index in [1.54, 1.807) is 0 Å². The first kappa shape index (κ1) is 18.6. The number of carbonyl (C=O) groups is 1. The van der Waals surface area contributed by atoms with Crippen molar-refractivity contribution < 1.29 is 13.2 Å². The fourth-order valence-electron chi connectivity index (χ4n) is 1.42. The maximum Gasteiger partial charge on any atom is 0.262 e. The number of benzene rings is 1. The van der Waals surface area contributed by atoms with E-state index in [4.69, 9.17) is 33.9 Å². The van der Waals surface area contributed by atoms with E-state index in [9.17, 15) is 13.2 Å². The van der Waals surface area contributed by atoms with Crippen LogP contribution in [-0.4, -0.2) is 20.9 Å². The van der Waals surface area contributed by atoms with Crippen molar-refractivity contribution in [3.8, 4) is 0 Å². The molecule has 0 bridgehead atoms. The molecule has 0 aromatic heterocycles. The number of halogens is 3. The second-order valence-corrected chi connectivity index (χ2v) is 8.73. The third-order valence-electron chi connectivity index (χ3n) is 3.20. The standard InChI is InChI=1S/C13H16Cl3NO3S/c1-4-13(2,3)7-17-12(18)8-5-9(14)11(15)10(6-8)21(16,19)20/h5-6H,4,7H2,1-3H3,(H,17,18). The van der Waals surface area contributed by atoms with Gasteiger partial charge in [-0.25, -0.2) is 8.42 Å². The highest BCUT2D eigenvalue weighted by molar-refractivity contribution is 8.13. The predicted molar refractivity (Wildman–Crippen MR) is 85.9 cm³/mol. The number of rotatable bonds is 5. The lowest BCUT2D eigenvalue weighted by atomic mass is 9.90. The number of hydrogen-bond donors (Lipinski definition) is 1. The van der Waals surface area contributed by atoms with Crippen LogP contribution in [0.5, 0.6) is 0 Å². The van der Waals surface area contributed by atoms with Gasteiger partial charge in [0.05, 0.1) is 10.0 Å². The molecular formula is C13H16Cl3NO3S. The molecule has 8 heteroatoms. The molecule has 0 aliphatic heterocycles. The monoisotopic (exact) mass is 371 g/mol. The molecule has 1 rings (SSSR count). The van der Waals surface area contributed by atoms with Crippen molar-refractivity contribution >= 4 is 48.8 Å². The smallest absolute Gasteiger partial charge is 0.262 e. The third-order valence-corrected chi connectivity index (χ3v) is 5.46. The van der Waals surface area contributed by atoms with Crippen LogP contribution in [0, 0.1) is 5.41 Å². The van der Waals surface area contributed by atoms with Gasteiger partial charge >= 0.3 is 0 Å². The van der Waals surface area contributed by atoms with Crippen LogP contribution in [0.4, 0.5) is 0 Å². The highest BCUT2D eigenvalue weighted by Crippen LogP contribution is 2.32. The van der Waals surface area contributed by atoms with Gasteiger partial charge < -0.3 is 5.32 Å². The Hall–Kier alpha value is -0.490. The van der Waals surface area contributed by atoms with E-state index in [-0.39, 0.29) is 25.9 Å². The molecule has 0 aliphatic carbocycles. The molecule has 118 valence electrons. The van der Waals surface area contributed by atoms with Crippen molar-refractivity contribution in [2.75, 3.05) is 6.54 Å². The molecule has 0 radical (unpaired) electrons. The van der Waals surface area contributed by atoms with Gasteiger partial charge in [0.15, 0.2) is 0 Å². The number of nitrogens with one attached hydrogen (secondary N) is 1. The zero-order valence-corrected chi connectivity index (χ0v) is 14.9. The highest BCUT2D eigenvalue weighted by atomic mass is 35.7. The summed E-state index contributed by atoms with van der Waals surface area (Å²) in [4.78, 5) is 11.7. The summed E-state index contributed by atoms with van der Waals surface area (Å²) in [6, 6.07) is 2.43. The number of carbonyl (C=O) groups excluding carboxylic acids is 1. The molecule has 0 fully saturated rings. The van der Waals surface area contributed by atoms with E-state index in [0.29, 0.717) is 6.54 Å². The molecule has 0 spiro atoms. The van der Waals surface area contributed by atoms with Crippen LogP contribution in [-0.2, 0) is 9.05 Å². The fraction of sp³-hybridized carbons (Fsp3) is 0.462. The van der Waals surface area contributed by atoms with E-state index >= 15 is 0 Å². The molecule has 4 nitrogen and oxygen atoms in total. The molecule has 0 atom stereocenters. The Bertz CT molecular complexity index is 657. The maximum absolute atomic E-state index is 12.1. The fourth-order valence-corrected chi connectivity index (χ4v) is 3.18. The zero-order chi connectivity index (χ0) is 16.4. The van der Waals surface area contributed by atoms with E-state index in [1.165, 1.54) is 6.07 Å². The molecular weight excluding hydrogens is 357 g/mol. The molecule has 0 saturated heterocycles. The Morgan fingerprint density at radius 2 is 1.86 bits per heavy atom. The maximum atomic E-state index is 12.1. The summed E-state index contributed by atoms with van der Waals surface area (Å²) in [5, 5.41) is 2.50. The number of hydrogen-bond acceptors (Lipinski definition) is 3. The van der Waals surface area contributed by atoms with Crippen LogP contribution >= 0.6 is 33.9 Å². The molecule has 0 aliphatic rings. The molecule has 0 heterocycles. The van der Waals surface area contributed by atoms with Crippen molar-refractivity contribution in [2.24, 2.45) is 5.41 Å². The first-order valence-electron chi connectivity index (χ1n) is 6.20. The zero-order valence-electron chi connectivity index (χ0n) is 11.8. The van der Waals surface area contributed by atoms with Crippen molar-refractivity contribution in [3.05, 3.63) is 27.7 Å². The van der Waals surface area contributed by atoms with Gasteiger partial charge in [0.1, 0.15) is 4.90 Å². The topological polar surface area (TPSA) is 63.2 Å². The summed E-state index contributed by atoms with van der Waals surface area (Å²) in [6.45, 7) is 6.49.